The van der Waals surface area contributed by atoms with E-state index in [0.29, 0.717) is 19.5 Å². The van der Waals surface area contributed by atoms with E-state index < -0.39 is 23.4 Å². The number of amides is 1. The first-order chi connectivity index (χ1) is 13.4. The highest BCUT2D eigenvalue weighted by Crippen LogP contribution is 2.36. The molecule has 4 nitrogen and oxygen atoms in total. The van der Waals surface area contributed by atoms with Gasteiger partial charge < -0.3 is 15.0 Å². The van der Waals surface area contributed by atoms with Crippen molar-refractivity contribution in [2.45, 2.75) is 77.7 Å². The summed E-state index contributed by atoms with van der Waals surface area (Å²) in [5.74, 6) is 0.222. The highest BCUT2D eigenvalue weighted by molar-refractivity contribution is 5.68. The van der Waals surface area contributed by atoms with Gasteiger partial charge in [0, 0.05) is 25.2 Å². The van der Waals surface area contributed by atoms with Crippen LogP contribution in [0.4, 0.5) is 18.0 Å². The van der Waals surface area contributed by atoms with Gasteiger partial charge in [0.05, 0.1) is 5.56 Å². The largest absolute Gasteiger partial charge is 0.444 e. The number of carbonyl (C=O) groups excluding carboxylic acids is 1. The molecule has 0 saturated carbocycles. The van der Waals surface area contributed by atoms with Crippen LogP contribution in [0.3, 0.4) is 0 Å². The number of piperidine rings is 1. The lowest BCUT2D eigenvalue weighted by molar-refractivity contribution is -0.138. The number of ether oxygens (including phenoxy) is 1. The molecule has 0 spiro atoms. The highest BCUT2D eigenvalue weighted by atomic mass is 19.4. The summed E-state index contributed by atoms with van der Waals surface area (Å²) in [5.41, 5.74) is -0.912. The van der Waals surface area contributed by atoms with Crippen LogP contribution in [0.25, 0.3) is 0 Å². The first-order valence-corrected chi connectivity index (χ1v) is 10.3. The first-order valence-electron chi connectivity index (χ1n) is 10.3. The fraction of sp³-hybridized carbons (Fsp3) is 0.682. The van der Waals surface area contributed by atoms with E-state index in [1.54, 1.807) is 17.0 Å². The molecule has 2 rings (SSSR count). The van der Waals surface area contributed by atoms with Crippen molar-refractivity contribution in [3.8, 4) is 0 Å². The van der Waals surface area contributed by atoms with E-state index in [-0.39, 0.29) is 23.6 Å². The van der Waals surface area contributed by atoms with Crippen LogP contribution in [-0.2, 0) is 10.9 Å². The van der Waals surface area contributed by atoms with E-state index in [0.717, 1.165) is 18.9 Å². The second-order valence-corrected chi connectivity index (χ2v) is 9.20. The molecule has 1 aromatic rings. The third kappa shape index (κ3) is 7.21. The molecule has 2 atom stereocenters. The van der Waals surface area contributed by atoms with Gasteiger partial charge in [0.1, 0.15) is 5.60 Å². The van der Waals surface area contributed by atoms with Crippen molar-refractivity contribution in [2.75, 3.05) is 13.1 Å². The molecule has 1 saturated heterocycles. The Balaban J connectivity index is 2.18. The number of nitrogens with one attached hydrogen (secondary N) is 1. The molecular weight excluding hydrogens is 381 g/mol. The number of likely N-dealkylation sites (tertiary alicyclic amines) is 1. The van der Waals surface area contributed by atoms with Gasteiger partial charge in [0.2, 0.25) is 0 Å². The maximum atomic E-state index is 13.6. The topological polar surface area (TPSA) is 41.6 Å². The van der Waals surface area contributed by atoms with Gasteiger partial charge in [0.15, 0.2) is 0 Å². The van der Waals surface area contributed by atoms with Gasteiger partial charge in [-0.3, -0.25) is 0 Å². The van der Waals surface area contributed by atoms with E-state index >= 15 is 0 Å². The van der Waals surface area contributed by atoms with Crippen LogP contribution >= 0.6 is 0 Å². The van der Waals surface area contributed by atoms with Crippen LogP contribution in [0.15, 0.2) is 24.3 Å². The van der Waals surface area contributed by atoms with E-state index in [9.17, 15) is 18.0 Å². The SMILES string of the molecule is CC(C)CC(N[C@H]1CCCN(C(=O)OC(C)(C)C)C1)c1ccccc1C(F)(F)F. The summed E-state index contributed by atoms with van der Waals surface area (Å²) >= 11 is 0. The summed E-state index contributed by atoms with van der Waals surface area (Å²) in [6.07, 6.45) is -2.60. The lowest BCUT2D eigenvalue weighted by Crippen LogP contribution is -2.50. The van der Waals surface area contributed by atoms with Crippen LogP contribution in [0, 0.1) is 5.92 Å². The first kappa shape index (κ1) is 23.5. The molecule has 1 fully saturated rings. The van der Waals surface area contributed by atoms with Crippen molar-refractivity contribution in [3.63, 3.8) is 0 Å². The Morgan fingerprint density at radius 1 is 1.24 bits per heavy atom. The number of alkyl halides is 3. The molecule has 1 amide bonds. The van der Waals surface area contributed by atoms with Crippen molar-refractivity contribution in [1.29, 1.82) is 0 Å². The molecule has 1 unspecified atom stereocenters. The normalized spacial score (nSPS) is 19.3. The minimum atomic E-state index is -4.40. The third-order valence-electron chi connectivity index (χ3n) is 4.86. The molecule has 0 aromatic heterocycles. The predicted octanol–water partition coefficient (Wildman–Crippen LogP) is 5.78. The van der Waals surface area contributed by atoms with E-state index in [1.807, 2.05) is 34.6 Å². The second kappa shape index (κ2) is 9.37. The van der Waals surface area contributed by atoms with Crippen molar-refractivity contribution < 1.29 is 22.7 Å². The summed E-state index contributed by atoms with van der Waals surface area (Å²) in [7, 11) is 0. The molecule has 0 radical (unpaired) electrons. The van der Waals surface area contributed by atoms with Gasteiger partial charge in [-0.1, -0.05) is 32.0 Å². The number of hydrogen-bond acceptors (Lipinski definition) is 3. The summed E-state index contributed by atoms with van der Waals surface area (Å²) in [5, 5.41) is 3.41. The maximum absolute atomic E-state index is 13.6. The number of rotatable bonds is 5. The molecule has 1 aromatic carbocycles. The van der Waals surface area contributed by atoms with E-state index in [2.05, 4.69) is 5.32 Å². The van der Waals surface area contributed by atoms with E-state index in [1.165, 1.54) is 6.07 Å². The van der Waals surface area contributed by atoms with Gasteiger partial charge in [-0.2, -0.15) is 13.2 Å². The molecule has 0 aliphatic carbocycles. The Hall–Kier alpha value is -1.76. The zero-order valence-corrected chi connectivity index (χ0v) is 18.0. The van der Waals surface area contributed by atoms with Gasteiger partial charge >= 0.3 is 12.3 Å². The Kier molecular flexibility index (Phi) is 7.60. The molecule has 1 aliphatic rings. The van der Waals surface area contributed by atoms with E-state index in [4.69, 9.17) is 4.74 Å². The van der Waals surface area contributed by atoms with Gasteiger partial charge in [0.25, 0.3) is 0 Å². The Morgan fingerprint density at radius 3 is 2.48 bits per heavy atom. The number of halogens is 3. The van der Waals surface area contributed by atoms with Crippen molar-refractivity contribution in [2.24, 2.45) is 5.92 Å². The monoisotopic (exact) mass is 414 g/mol. The molecule has 7 heteroatoms. The Labute approximate surface area is 171 Å². The van der Waals surface area contributed by atoms with Crippen LogP contribution < -0.4 is 5.32 Å². The van der Waals surface area contributed by atoms with Crippen LogP contribution in [0.5, 0.6) is 0 Å². The number of hydrogen-bond donors (Lipinski definition) is 1. The summed E-state index contributed by atoms with van der Waals surface area (Å²) in [4.78, 5) is 14.1. The summed E-state index contributed by atoms with van der Waals surface area (Å²) < 4.78 is 46.1. The van der Waals surface area contributed by atoms with Crippen molar-refractivity contribution >= 4 is 6.09 Å². The maximum Gasteiger partial charge on any atom is 0.416 e. The smallest absolute Gasteiger partial charge is 0.416 e. The van der Waals surface area contributed by atoms with Crippen LogP contribution in [0.1, 0.15) is 71.0 Å². The lowest BCUT2D eigenvalue weighted by atomic mass is 9.91. The average molecular weight is 415 g/mol. The summed E-state index contributed by atoms with van der Waals surface area (Å²) in [6.45, 7) is 10.5. The zero-order valence-electron chi connectivity index (χ0n) is 18.0. The van der Waals surface area contributed by atoms with Gasteiger partial charge in [-0.05, 0) is 57.6 Å². The number of nitrogens with zero attached hydrogens (tertiary/aromatic N) is 1. The summed E-state index contributed by atoms with van der Waals surface area (Å²) in [6, 6.07) is 5.24. The zero-order chi connectivity index (χ0) is 21.8. The average Bonchev–Trinajstić information content (AvgIpc) is 2.59. The fourth-order valence-electron chi connectivity index (χ4n) is 3.71. The molecule has 0 bridgehead atoms. The predicted molar refractivity (Wildman–Crippen MR) is 108 cm³/mol. The Morgan fingerprint density at radius 2 is 1.90 bits per heavy atom. The van der Waals surface area contributed by atoms with Crippen LogP contribution in [-0.4, -0.2) is 35.7 Å². The quantitative estimate of drug-likeness (QED) is 0.664. The molecule has 164 valence electrons. The standard InChI is InChI=1S/C22H33F3N2O2/c1-15(2)13-19(17-10-6-7-11-18(17)22(23,24)25)26-16-9-8-12-27(14-16)20(28)29-21(3,4)5/h6-7,10-11,15-16,19,26H,8-9,12-14H2,1-5H3/t16-,19?/m0/s1. The molecule has 29 heavy (non-hydrogen) atoms. The number of carbonyl (C=O) groups is 1. The third-order valence-corrected chi connectivity index (χ3v) is 4.86. The van der Waals surface area contributed by atoms with Gasteiger partial charge in [-0.15, -0.1) is 0 Å². The molecular formula is C22H33F3N2O2. The molecule has 1 N–H and O–H groups in total. The van der Waals surface area contributed by atoms with Crippen LogP contribution in [0.2, 0.25) is 0 Å². The van der Waals surface area contributed by atoms with Crippen molar-refractivity contribution in [1.82, 2.24) is 10.2 Å². The number of benzene rings is 1. The molecule has 1 aliphatic heterocycles. The van der Waals surface area contributed by atoms with Gasteiger partial charge in [-0.25, -0.2) is 4.79 Å². The highest BCUT2D eigenvalue weighted by Gasteiger charge is 2.36. The minimum Gasteiger partial charge on any atom is -0.444 e. The second-order valence-electron chi connectivity index (χ2n) is 9.20. The lowest BCUT2D eigenvalue weighted by Gasteiger charge is -2.37. The Bertz CT molecular complexity index is 683. The fourth-order valence-corrected chi connectivity index (χ4v) is 3.71. The minimum absolute atomic E-state index is 0.0821. The van der Waals surface area contributed by atoms with Crippen molar-refractivity contribution in [3.05, 3.63) is 35.4 Å². The molecule has 1 heterocycles.